The molecule has 5 rings (SSSR count). The van der Waals surface area contributed by atoms with Gasteiger partial charge < -0.3 is 24.6 Å². The Balaban J connectivity index is 1.58. The summed E-state index contributed by atoms with van der Waals surface area (Å²) in [7, 11) is 1.74. The first-order valence-corrected chi connectivity index (χ1v) is 14.3. The van der Waals surface area contributed by atoms with Crippen molar-refractivity contribution in [3.05, 3.63) is 64.6 Å². The second kappa shape index (κ2) is 11.4. The van der Waals surface area contributed by atoms with Crippen LogP contribution in [0.3, 0.4) is 0 Å². The highest BCUT2D eigenvalue weighted by Gasteiger charge is 2.63. The maximum Gasteiger partial charge on any atom is 0.338 e. The van der Waals surface area contributed by atoms with E-state index in [1.807, 2.05) is 0 Å². The van der Waals surface area contributed by atoms with Gasteiger partial charge in [-0.2, -0.15) is 0 Å². The Hall–Kier alpha value is -4.20. The summed E-state index contributed by atoms with van der Waals surface area (Å²) in [5.41, 5.74) is -0.463. The number of aromatic nitrogens is 2. The third kappa shape index (κ3) is 5.46. The molecule has 2 N–H and O–H groups in total. The number of likely N-dealkylation sites (tertiary alicyclic amines) is 2. The number of nitrogens with one attached hydrogen (secondary N) is 1. The van der Waals surface area contributed by atoms with E-state index in [0.29, 0.717) is 11.4 Å². The zero-order valence-electron chi connectivity index (χ0n) is 25.1. The average Bonchev–Trinajstić information content (AvgIpc) is 3.59. The van der Waals surface area contributed by atoms with Gasteiger partial charge in [0.25, 0.3) is 5.92 Å². The second-order valence-electron chi connectivity index (χ2n) is 12.1. The van der Waals surface area contributed by atoms with Gasteiger partial charge in [0.1, 0.15) is 17.8 Å². The summed E-state index contributed by atoms with van der Waals surface area (Å²) in [5.74, 6) is -7.66. The Kier molecular flexibility index (Phi) is 8.08. The Morgan fingerprint density at radius 2 is 2.00 bits per heavy atom. The molecule has 2 fully saturated rings. The number of carboxylic acid groups (broad SMARTS) is 1. The first-order chi connectivity index (χ1) is 20.7. The molecule has 0 spiro atoms. The monoisotopic (exact) mass is 616 g/mol. The van der Waals surface area contributed by atoms with Crippen molar-refractivity contribution in [3.63, 3.8) is 0 Å². The molecule has 2 aromatic rings. The predicted octanol–water partition coefficient (Wildman–Crippen LogP) is 2.66. The molecule has 44 heavy (non-hydrogen) atoms. The van der Waals surface area contributed by atoms with Crippen LogP contribution in [0, 0.1) is 24.1 Å². The van der Waals surface area contributed by atoms with Crippen molar-refractivity contribution in [1.29, 1.82) is 0 Å². The Morgan fingerprint density at radius 1 is 1.27 bits per heavy atom. The van der Waals surface area contributed by atoms with E-state index in [1.54, 1.807) is 43.9 Å². The Labute approximate surface area is 252 Å². The fourth-order valence-corrected chi connectivity index (χ4v) is 6.14. The summed E-state index contributed by atoms with van der Waals surface area (Å²) >= 11 is 0. The quantitative estimate of drug-likeness (QED) is 0.412. The number of carboxylic acids is 1. The number of amides is 1. The van der Waals surface area contributed by atoms with Crippen LogP contribution in [0.25, 0.3) is 0 Å². The summed E-state index contributed by atoms with van der Waals surface area (Å²) in [4.78, 5) is 50.1. The van der Waals surface area contributed by atoms with Gasteiger partial charge in [-0.05, 0) is 44.9 Å². The molecule has 0 saturated carbocycles. The van der Waals surface area contributed by atoms with Gasteiger partial charge in [0, 0.05) is 50.8 Å². The lowest BCUT2D eigenvalue weighted by Crippen LogP contribution is -2.46. The summed E-state index contributed by atoms with van der Waals surface area (Å²) in [6.07, 6.45) is 3.24. The summed E-state index contributed by atoms with van der Waals surface area (Å²) in [6, 6.07) is 2.43. The van der Waals surface area contributed by atoms with E-state index in [2.05, 4.69) is 10.3 Å². The number of esters is 1. The highest BCUT2D eigenvalue weighted by atomic mass is 19.3. The third-order valence-corrected chi connectivity index (χ3v) is 8.49. The van der Waals surface area contributed by atoms with Crippen molar-refractivity contribution in [2.45, 2.75) is 45.7 Å². The first kappa shape index (κ1) is 31.2. The molecular weight excluding hydrogens is 581 g/mol. The molecule has 3 aliphatic heterocycles. The van der Waals surface area contributed by atoms with E-state index in [0.717, 1.165) is 0 Å². The zero-order chi connectivity index (χ0) is 32.1. The maximum absolute atomic E-state index is 15.5. The van der Waals surface area contributed by atoms with Crippen LogP contribution < -0.4 is 5.32 Å². The van der Waals surface area contributed by atoms with Crippen LogP contribution in [0.1, 0.15) is 43.8 Å². The molecule has 4 heterocycles. The lowest BCUT2D eigenvalue weighted by atomic mass is 9.92. The van der Waals surface area contributed by atoms with Crippen LogP contribution in [0.2, 0.25) is 0 Å². The van der Waals surface area contributed by atoms with E-state index in [4.69, 9.17) is 9.73 Å². The number of aliphatic carboxylic acids is 1. The number of rotatable bonds is 9. The topological polar surface area (TPSA) is 129 Å². The number of halogens is 3. The van der Waals surface area contributed by atoms with Gasteiger partial charge in [-0.1, -0.05) is 12.1 Å². The molecule has 1 amide bonds. The van der Waals surface area contributed by atoms with Crippen LogP contribution in [-0.4, -0.2) is 92.9 Å². The maximum atomic E-state index is 15.5. The molecule has 3 unspecified atom stereocenters. The lowest BCUT2D eigenvalue weighted by Gasteiger charge is -2.32. The second-order valence-corrected chi connectivity index (χ2v) is 12.1. The fraction of sp³-hybridized carbons (Fsp3) is 0.500. The number of imidazole rings is 1. The van der Waals surface area contributed by atoms with Gasteiger partial charge in [0.15, 0.2) is 11.7 Å². The van der Waals surface area contributed by atoms with E-state index in [1.165, 1.54) is 35.8 Å². The van der Waals surface area contributed by atoms with E-state index >= 15 is 8.78 Å². The molecule has 14 heteroatoms. The van der Waals surface area contributed by atoms with Crippen LogP contribution in [0.4, 0.5) is 13.2 Å². The number of aryl methyl sites for hydroxylation is 1. The van der Waals surface area contributed by atoms with Gasteiger partial charge >= 0.3 is 11.9 Å². The number of carbonyl (C=O) groups excluding carboxylic acids is 2. The average molecular weight is 617 g/mol. The number of carbonyl (C=O) groups is 3. The number of fused-ring (bicyclic) bond motifs is 1. The van der Waals surface area contributed by atoms with Crippen LogP contribution in [0.5, 0.6) is 0 Å². The van der Waals surface area contributed by atoms with Crippen molar-refractivity contribution < 1.29 is 37.4 Å². The van der Waals surface area contributed by atoms with E-state index < -0.39 is 59.5 Å². The summed E-state index contributed by atoms with van der Waals surface area (Å²) in [5, 5.41) is 12.7. The minimum atomic E-state index is -3.40. The van der Waals surface area contributed by atoms with Crippen molar-refractivity contribution in [1.82, 2.24) is 24.7 Å². The standard InChI is InChI=1S/C30H35F3N6O5/c1-6-44-27(41)21-19(12-38-15-30(32,33)22-20(38)13-39(26(22)40)14-29(3,4)28(42)43)35-24(25-34-10-11-37(25)5)36-23(21)17-8-7-9-18(31)16(17)2/h7-11,20,22-23H,6,12-15H2,1-5H3,(H,35,36)(H,42,43). The molecular formula is C30H35F3N6O5. The van der Waals surface area contributed by atoms with Gasteiger partial charge in [0.05, 0.1) is 24.1 Å². The van der Waals surface area contributed by atoms with Gasteiger partial charge in [-0.15, -0.1) is 0 Å². The van der Waals surface area contributed by atoms with Crippen molar-refractivity contribution >= 4 is 23.7 Å². The number of aliphatic imine (C=N–C) groups is 1. The number of benzene rings is 1. The van der Waals surface area contributed by atoms with Crippen LogP contribution in [0.15, 0.2) is 46.9 Å². The largest absolute Gasteiger partial charge is 0.481 e. The van der Waals surface area contributed by atoms with Crippen LogP contribution in [-0.2, 0) is 26.2 Å². The Morgan fingerprint density at radius 3 is 2.64 bits per heavy atom. The Bertz CT molecular complexity index is 1570. The number of nitrogens with zero attached hydrogens (tertiary/aromatic N) is 5. The first-order valence-electron chi connectivity index (χ1n) is 14.3. The summed E-state index contributed by atoms with van der Waals surface area (Å²) < 4.78 is 52.8. The molecule has 2 saturated heterocycles. The third-order valence-electron chi connectivity index (χ3n) is 8.49. The van der Waals surface area contributed by atoms with Crippen LogP contribution >= 0.6 is 0 Å². The summed E-state index contributed by atoms with van der Waals surface area (Å²) in [6.45, 7) is 4.76. The molecule has 236 valence electrons. The molecule has 11 nitrogen and oxygen atoms in total. The van der Waals surface area contributed by atoms with E-state index in [9.17, 15) is 23.9 Å². The van der Waals surface area contributed by atoms with E-state index in [-0.39, 0.29) is 48.9 Å². The molecule has 0 bridgehead atoms. The number of alkyl halides is 2. The van der Waals surface area contributed by atoms with Crippen molar-refractivity contribution in [3.8, 4) is 0 Å². The highest BCUT2D eigenvalue weighted by Crippen LogP contribution is 2.45. The SMILES string of the molecule is CCOC(=O)C1=C(CN2CC(F)(F)C3C(=O)N(CC(C)(C)C(=O)O)CC32)NC(c2nccn2C)=NC1c1cccc(F)c1C. The molecule has 3 atom stereocenters. The van der Waals surface area contributed by atoms with Gasteiger partial charge in [-0.25, -0.2) is 22.9 Å². The molecule has 0 radical (unpaired) electrons. The number of ether oxygens (including phenoxy) is 1. The van der Waals surface area contributed by atoms with Gasteiger partial charge in [-0.3, -0.25) is 19.5 Å². The molecule has 1 aromatic heterocycles. The number of hydrogen-bond donors (Lipinski definition) is 2. The minimum absolute atomic E-state index is 0.0235. The molecule has 0 aliphatic carbocycles. The van der Waals surface area contributed by atoms with Gasteiger partial charge in [0.2, 0.25) is 5.91 Å². The fourth-order valence-electron chi connectivity index (χ4n) is 6.14. The minimum Gasteiger partial charge on any atom is -0.481 e. The number of amidine groups is 1. The lowest BCUT2D eigenvalue weighted by molar-refractivity contribution is -0.150. The molecule has 1 aromatic carbocycles. The normalized spacial score (nSPS) is 23.5. The van der Waals surface area contributed by atoms with Crippen molar-refractivity contribution in [2.75, 3.05) is 32.8 Å². The zero-order valence-corrected chi connectivity index (χ0v) is 25.1. The number of hydrogen-bond acceptors (Lipinski definition) is 8. The smallest absolute Gasteiger partial charge is 0.338 e. The predicted molar refractivity (Wildman–Crippen MR) is 152 cm³/mol. The molecule has 3 aliphatic rings. The highest BCUT2D eigenvalue weighted by molar-refractivity contribution is 6.02. The van der Waals surface area contributed by atoms with Crippen molar-refractivity contribution in [2.24, 2.45) is 23.4 Å².